The van der Waals surface area contributed by atoms with Gasteiger partial charge in [0.2, 0.25) is 10.0 Å². The molecule has 10 heteroatoms. The van der Waals surface area contributed by atoms with Crippen molar-refractivity contribution < 1.29 is 17.6 Å². The summed E-state index contributed by atoms with van der Waals surface area (Å²) >= 11 is 0. The number of carbonyl (C=O) groups excluding carboxylic acids is 1. The SMILES string of the molecule is CCN(C(=O)c1cc(F)ccc1-c1cc(C2CCN(CC3CCC(NS(=O)(=O)CC)CC3)C2)cn2c(C3CC3)ncc12)C(C)C. The van der Waals surface area contributed by atoms with Gasteiger partial charge in [-0.1, -0.05) is 6.07 Å². The fraction of sp³-hybridized carbons (Fsp3) is 0.600. The van der Waals surface area contributed by atoms with Gasteiger partial charge < -0.3 is 14.2 Å². The van der Waals surface area contributed by atoms with Gasteiger partial charge in [0.15, 0.2) is 0 Å². The third-order valence-corrected chi connectivity index (χ3v) is 11.6. The number of sulfonamides is 1. The van der Waals surface area contributed by atoms with Crippen LogP contribution in [0.2, 0.25) is 0 Å². The summed E-state index contributed by atoms with van der Waals surface area (Å²) in [5, 5.41) is 0. The molecule has 3 aliphatic rings. The Morgan fingerprint density at radius 3 is 2.47 bits per heavy atom. The number of amides is 1. The van der Waals surface area contributed by atoms with E-state index in [9.17, 15) is 17.6 Å². The molecule has 1 unspecified atom stereocenters. The Morgan fingerprint density at radius 1 is 1.04 bits per heavy atom. The Morgan fingerprint density at radius 2 is 1.80 bits per heavy atom. The predicted octanol–water partition coefficient (Wildman–Crippen LogP) is 6.18. The number of hydrogen-bond donors (Lipinski definition) is 1. The Hall–Kier alpha value is -2.82. The van der Waals surface area contributed by atoms with Gasteiger partial charge >= 0.3 is 0 Å². The summed E-state index contributed by atoms with van der Waals surface area (Å²) in [7, 11) is -3.16. The van der Waals surface area contributed by atoms with Crippen molar-refractivity contribution in [3.8, 4) is 11.1 Å². The topological polar surface area (TPSA) is 87.0 Å². The summed E-state index contributed by atoms with van der Waals surface area (Å²) < 4.78 is 43.8. The van der Waals surface area contributed by atoms with E-state index in [0.717, 1.165) is 87.0 Å². The molecule has 6 rings (SSSR count). The number of benzene rings is 1. The minimum absolute atomic E-state index is 0.00145. The van der Waals surface area contributed by atoms with Gasteiger partial charge in [0.05, 0.1) is 23.0 Å². The van der Waals surface area contributed by atoms with Crippen molar-refractivity contribution >= 4 is 21.4 Å². The zero-order valence-corrected chi connectivity index (χ0v) is 28.0. The number of halogens is 1. The molecule has 1 aliphatic heterocycles. The molecule has 1 atom stereocenters. The molecule has 2 saturated carbocycles. The highest BCUT2D eigenvalue weighted by Gasteiger charge is 2.32. The van der Waals surface area contributed by atoms with Crippen molar-refractivity contribution in [2.75, 3.05) is 31.9 Å². The second kappa shape index (κ2) is 13.1. The van der Waals surface area contributed by atoms with Crippen LogP contribution in [0.3, 0.4) is 0 Å². The normalized spacial score (nSPS) is 22.8. The highest BCUT2D eigenvalue weighted by molar-refractivity contribution is 7.89. The Kier molecular flexibility index (Phi) is 9.37. The number of hydrogen-bond acceptors (Lipinski definition) is 5. The van der Waals surface area contributed by atoms with Gasteiger partial charge in [-0.3, -0.25) is 4.79 Å². The second-order valence-corrected chi connectivity index (χ2v) is 15.7. The Balaban J connectivity index is 1.26. The zero-order valence-electron chi connectivity index (χ0n) is 27.1. The lowest BCUT2D eigenvalue weighted by molar-refractivity contribution is 0.0717. The van der Waals surface area contributed by atoms with Crippen LogP contribution in [-0.2, 0) is 10.0 Å². The lowest BCUT2D eigenvalue weighted by Crippen LogP contribution is -2.40. The molecule has 244 valence electrons. The van der Waals surface area contributed by atoms with Crippen LogP contribution in [-0.4, -0.2) is 77.5 Å². The third-order valence-electron chi connectivity index (χ3n) is 10.2. The fourth-order valence-corrected chi connectivity index (χ4v) is 8.39. The van der Waals surface area contributed by atoms with Crippen LogP contribution in [0, 0.1) is 11.7 Å². The minimum Gasteiger partial charge on any atom is -0.336 e. The van der Waals surface area contributed by atoms with Gasteiger partial charge in [0, 0.05) is 49.4 Å². The highest BCUT2D eigenvalue weighted by atomic mass is 32.2. The van der Waals surface area contributed by atoms with Crippen LogP contribution in [0.5, 0.6) is 0 Å². The maximum absolute atomic E-state index is 14.7. The molecule has 0 bridgehead atoms. The van der Waals surface area contributed by atoms with Gasteiger partial charge in [-0.05, 0) is 120 Å². The molecule has 8 nitrogen and oxygen atoms in total. The van der Waals surface area contributed by atoms with Gasteiger partial charge in [0.1, 0.15) is 11.6 Å². The first-order chi connectivity index (χ1) is 21.6. The van der Waals surface area contributed by atoms with E-state index < -0.39 is 15.8 Å². The van der Waals surface area contributed by atoms with Gasteiger partial charge in [-0.2, -0.15) is 0 Å². The molecule has 0 radical (unpaired) electrons. The number of nitrogens with one attached hydrogen (secondary N) is 1. The summed E-state index contributed by atoms with van der Waals surface area (Å²) in [6, 6.07) is 6.90. The highest BCUT2D eigenvalue weighted by Crippen LogP contribution is 2.42. The summed E-state index contributed by atoms with van der Waals surface area (Å²) in [5.74, 6) is 2.02. The van der Waals surface area contributed by atoms with Crippen LogP contribution in [0.25, 0.3) is 16.6 Å². The summed E-state index contributed by atoms with van der Waals surface area (Å²) in [6.07, 6.45) is 11.4. The maximum atomic E-state index is 14.7. The maximum Gasteiger partial charge on any atom is 0.254 e. The van der Waals surface area contributed by atoms with E-state index in [4.69, 9.17) is 4.98 Å². The van der Waals surface area contributed by atoms with Crippen LogP contribution < -0.4 is 4.72 Å². The smallest absolute Gasteiger partial charge is 0.254 e. The molecule has 45 heavy (non-hydrogen) atoms. The first kappa shape index (κ1) is 32.1. The van der Waals surface area contributed by atoms with E-state index in [0.29, 0.717) is 29.9 Å². The van der Waals surface area contributed by atoms with E-state index in [1.54, 1.807) is 17.9 Å². The molecular formula is C35H48FN5O3S. The first-order valence-corrected chi connectivity index (χ1v) is 18.6. The van der Waals surface area contributed by atoms with Crippen molar-refractivity contribution in [1.82, 2.24) is 23.9 Å². The van der Waals surface area contributed by atoms with E-state index in [1.807, 2.05) is 27.0 Å². The summed E-state index contributed by atoms with van der Waals surface area (Å²) in [4.78, 5) is 23.0. The van der Waals surface area contributed by atoms with Crippen molar-refractivity contribution in [2.24, 2.45) is 5.92 Å². The number of pyridine rings is 1. The largest absolute Gasteiger partial charge is 0.336 e. The number of carbonyl (C=O) groups is 1. The standard InChI is InChI=1S/C35H48FN5O3S/c1-5-40(23(3)4)35(42)32-18-28(36)11-14-30(32)31-17-27(22-41-33(31)19-37-34(41)25-9-10-25)26-15-16-39(21-26)20-24-7-12-29(13-8-24)38-45(43,44)6-2/h11,14,17-19,22-26,29,38H,5-10,12-13,15-16,20-21H2,1-4H3. The lowest BCUT2D eigenvalue weighted by atomic mass is 9.86. The number of nitrogens with zero attached hydrogens (tertiary/aromatic N) is 4. The van der Waals surface area contributed by atoms with Crippen LogP contribution in [0.1, 0.15) is 106 Å². The monoisotopic (exact) mass is 637 g/mol. The van der Waals surface area contributed by atoms with E-state index in [1.165, 1.54) is 17.7 Å². The molecule has 3 fully saturated rings. The third kappa shape index (κ3) is 6.98. The molecule has 1 saturated heterocycles. The number of imidazole rings is 1. The van der Waals surface area contributed by atoms with Gasteiger partial charge in [-0.15, -0.1) is 0 Å². The molecule has 3 aromatic rings. The molecule has 1 N–H and O–H groups in total. The number of likely N-dealkylation sites (tertiary alicyclic amines) is 1. The van der Waals surface area contributed by atoms with Crippen LogP contribution >= 0.6 is 0 Å². The number of rotatable bonds is 11. The molecule has 0 spiro atoms. The Labute approximate surface area is 267 Å². The van der Waals surface area contributed by atoms with Crippen molar-refractivity contribution in [2.45, 2.75) is 96.6 Å². The van der Waals surface area contributed by atoms with Crippen molar-refractivity contribution in [3.05, 3.63) is 59.4 Å². The average molecular weight is 638 g/mol. The fourth-order valence-electron chi connectivity index (χ4n) is 7.48. The number of fused-ring (bicyclic) bond motifs is 1. The molecule has 1 aromatic carbocycles. The molecule has 2 aromatic heterocycles. The molecular weight excluding hydrogens is 589 g/mol. The first-order valence-electron chi connectivity index (χ1n) is 16.9. The van der Waals surface area contributed by atoms with Gasteiger partial charge in [-0.25, -0.2) is 22.5 Å². The predicted molar refractivity (Wildman–Crippen MR) is 177 cm³/mol. The Bertz CT molecular complexity index is 1640. The molecule has 1 amide bonds. The van der Waals surface area contributed by atoms with E-state index in [-0.39, 0.29) is 23.7 Å². The number of aromatic nitrogens is 2. The minimum atomic E-state index is -3.16. The van der Waals surface area contributed by atoms with Crippen molar-refractivity contribution in [1.29, 1.82) is 0 Å². The van der Waals surface area contributed by atoms with Gasteiger partial charge in [0.25, 0.3) is 5.91 Å². The summed E-state index contributed by atoms with van der Waals surface area (Å²) in [6.45, 7) is 11.2. The average Bonchev–Trinajstić information content (AvgIpc) is 3.59. The summed E-state index contributed by atoms with van der Waals surface area (Å²) in [5.41, 5.74) is 4.26. The molecule has 3 heterocycles. The van der Waals surface area contributed by atoms with E-state index in [2.05, 4.69) is 26.3 Å². The van der Waals surface area contributed by atoms with E-state index >= 15 is 0 Å². The lowest BCUT2D eigenvalue weighted by Gasteiger charge is -2.31. The quantitative estimate of drug-likeness (QED) is 0.272. The van der Waals surface area contributed by atoms with Crippen LogP contribution in [0.15, 0.2) is 36.7 Å². The van der Waals surface area contributed by atoms with Crippen molar-refractivity contribution in [3.63, 3.8) is 0 Å². The van der Waals surface area contributed by atoms with Crippen LogP contribution in [0.4, 0.5) is 4.39 Å². The molecule has 2 aliphatic carbocycles. The zero-order chi connectivity index (χ0) is 31.9. The second-order valence-electron chi connectivity index (χ2n) is 13.7.